The highest BCUT2D eigenvalue weighted by molar-refractivity contribution is 5.79. The molecule has 0 aliphatic carbocycles. The average molecular weight is 429 g/mol. The van der Waals surface area contributed by atoms with E-state index >= 15 is 0 Å². The summed E-state index contributed by atoms with van der Waals surface area (Å²) in [5, 5.41) is 3.55. The number of aliphatic imine (C=N–C) groups is 1. The average Bonchev–Trinajstić information content (AvgIpc) is 3.34. The molecular formula is C25H40N4O2. The van der Waals surface area contributed by atoms with E-state index in [0.29, 0.717) is 12.2 Å². The van der Waals surface area contributed by atoms with Crippen molar-refractivity contribution < 1.29 is 9.47 Å². The summed E-state index contributed by atoms with van der Waals surface area (Å²) in [6.07, 6.45) is 9.08. The molecule has 0 amide bonds. The Labute approximate surface area is 188 Å². The zero-order valence-corrected chi connectivity index (χ0v) is 19.2. The largest absolute Gasteiger partial charge is 0.376 e. The van der Waals surface area contributed by atoms with Crippen LogP contribution in [0.25, 0.3) is 0 Å². The van der Waals surface area contributed by atoms with Gasteiger partial charge < -0.3 is 19.7 Å². The van der Waals surface area contributed by atoms with E-state index in [1.54, 1.807) is 0 Å². The Bertz CT molecular complexity index is 673. The predicted octanol–water partition coefficient (Wildman–Crippen LogP) is 3.41. The Morgan fingerprint density at radius 3 is 2.42 bits per heavy atom. The van der Waals surface area contributed by atoms with Gasteiger partial charge in [0.25, 0.3) is 0 Å². The summed E-state index contributed by atoms with van der Waals surface area (Å²) in [7, 11) is 1.88. The Balaban J connectivity index is 1.16. The van der Waals surface area contributed by atoms with Gasteiger partial charge in [0.1, 0.15) is 0 Å². The number of hydrogen-bond acceptors (Lipinski definition) is 4. The highest BCUT2D eigenvalue weighted by atomic mass is 16.5. The van der Waals surface area contributed by atoms with Crippen molar-refractivity contribution in [2.24, 2.45) is 4.99 Å². The van der Waals surface area contributed by atoms with Crippen LogP contribution in [0.15, 0.2) is 29.3 Å². The second kappa shape index (κ2) is 11.8. The number of guanidine groups is 1. The van der Waals surface area contributed by atoms with Gasteiger partial charge in [-0.1, -0.05) is 24.3 Å². The third kappa shape index (κ3) is 6.93. The molecule has 6 heteroatoms. The van der Waals surface area contributed by atoms with E-state index < -0.39 is 0 Å². The van der Waals surface area contributed by atoms with Gasteiger partial charge in [0.15, 0.2) is 5.96 Å². The number of rotatable bonds is 7. The summed E-state index contributed by atoms with van der Waals surface area (Å²) >= 11 is 0. The van der Waals surface area contributed by atoms with Crippen LogP contribution in [-0.2, 0) is 22.6 Å². The molecule has 1 aromatic carbocycles. The van der Waals surface area contributed by atoms with Crippen LogP contribution in [0, 0.1) is 0 Å². The standard InChI is InChI=1S/C25H40N4O2/c1-26-25(27-18-21-7-9-22(10-8-21)19-28-13-3-4-14-28)29-15-11-23(12-16-29)31-20-24-6-2-5-17-30-24/h7-10,23-24H,2-6,11-20H2,1H3,(H,26,27). The predicted molar refractivity (Wildman–Crippen MR) is 125 cm³/mol. The Hall–Kier alpha value is -1.63. The smallest absolute Gasteiger partial charge is 0.193 e. The van der Waals surface area contributed by atoms with Crippen molar-refractivity contribution in [3.05, 3.63) is 35.4 Å². The summed E-state index contributed by atoms with van der Waals surface area (Å²) < 4.78 is 11.9. The molecule has 172 valence electrons. The molecule has 1 atom stereocenters. The highest BCUT2D eigenvalue weighted by Crippen LogP contribution is 2.18. The lowest BCUT2D eigenvalue weighted by molar-refractivity contribution is -0.0721. The first-order valence-corrected chi connectivity index (χ1v) is 12.3. The zero-order valence-electron chi connectivity index (χ0n) is 19.2. The van der Waals surface area contributed by atoms with Gasteiger partial charge in [0, 0.05) is 39.8 Å². The molecule has 0 aromatic heterocycles. The topological polar surface area (TPSA) is 49.3 Å². The maximum Gasteiger partial charge on any atom is 0.193 e. The fourth-order valence-corrected chi connectivity index (χ4v) is 4.89. The van der Waals surface area contributed by atoms with Gasteiger partial charge in [0.2, 0.25) is 0 Å². The van der Waals surface area contributed by atoms with Gasteiger partial charge in [-0.25, -0.2) is 0 Å². The molecule has 3 heterocycles. The minimum Gasteiger partial charge on any atom is -0.376 e. The van der Waals surface area contributed by atoms with Crippen molar-refractivity contribution >= 4 is 5.96 Å². The first-order chi connectivity index (χ1) is 15.3. The second-order valence-corrected chi connectivity index (χ2v) is 9.21. The fraction of sp³-hybridized carbons (Fsp3) is 0.720. The van der Waals surface area contributed by atoms with Crippen LogP contribution in [0.1, 0.15) is 56.1 Å². The molecule has 0 radical (unpaired) electrons. The second-order valence-electron chi connectivity index (χ2n) is 9.21. The van der Waals surface area contributed by atoms with E-state index in [-0.39, 0.29) is 0 Å². The zero-order chi connectivity index (χ0) is 21.3. The summed E-state index contributed by atoms with van der Waals surface area (Å²) in [5.41, 5.74) is 2.72. The van der Waals surface area contributed by atoms with E-state index in [0.717, 1.165) is 64.6 Å². The molecule has 0 saturated carbocycles. The van der Waals surface area contributed by atoms with Crippen LogP contribution >= 0.6 is 0 Å². The van der Waals surface area contributed by atoms with E-state index in [4.69, 9.17) is 9.47 Å². The lowest BCUT2D eigenvalue weighted by atomic mass is 10.1. The molecule has 1 unspecified atom stereocenters. The number of benzene rings is 1. The lowest BCUT2D eigenvalue weighted by Gasteiger charge is -2.35. The minimum atomic E-state index is 0.308. The number of hydrogen-bond donors (Lipinski definition) is 1. The van der Waals surface area contributed by atoms with Gasteiger partial charge in [-0.15, -0.1) is 0 Å². The van der Waals surface area contributed by atoms with Crippen molar-refractivity contribution in [2.75, 3.05) is 46.4 Å². The van der Waals surface area contributed by atoms with Crippen LogP contribution < -0.4 is 5.32 Å². The SMILES string of the molecule is CN=C(NCc1ccc(CN2CCCC2)cc1)N1CCC(OCC2CCCCO2)CC1. The molecule has 0 bridgehead atoms. The normalized spacial score (nSPS) is 24.0. The lowest BCUT2D eigenvalue weighted by Crippen LogP contribution is -2.47. The summed E-state index contributed by atoms with van der Waals surface area (Å²) in [4.78, 5) is 9.43. The molecule has 3 aliphatic rings. The number of nitrogens with one attached hydrogen (secondary N) is 1. The molecule has 1 N–H and O–H groups in total. The van der Waals surface area contributed by atoms with E-state index in [1.165, 1.54) is 49.9 Å². The van der Waals surface area contributed by atoms with Crippen molar-refractivity contribution in [3.8, 4) is 0 Å². The maximum absolute atomic E-state index is 6.16. The van der Waals surface area contributed by atoms with Crippen LogP contribution in [-0.4, -0.2) is 74.4 Å². The molecule has 1 aromatic rings. The third-order valence-corrected chi connectivity index (χ3v) is 6.82. The van der Waals surface area contributed by atoms with Crippen molar-refractivity contribution in [1.82, 2.24) is 15.1 Å². The van der Waals surface area contributed by atoms with Gasteiger partial charge in [-0.2, -0.15) is 0 Å². The van der Waals surface area contributed by atoms with E-state index in [1.807, 2.05) is 7.05 Å². The molecule has 0 spiro atoms. The van der Waals surface area contributed by atoms with Gasteiger partial charge >= 0.3 is 0 Å². The third-order valence-electron chi connectivity index (χ3n) is 6.82. The molecule has 6 nitrogen and oxygen atoms in total. The first-order valence-electron chi connectivity index (χ1n) is 12.3. The van der Waals surface area contributed by atoms with Crippen molar-refractivity contribution in [1.29, 1.82) is 0 Å². The number of piperidine rings is 1. The minimum absolute atomic E-state index is 0.308. The van der Waals surface area contributed by atoms with Gasteiger partial charge in [-0.05, 0) is 69.2 Å². The Kier molecular flexibility index (Phi) is 8.62. The van der Waals surface area contributed by atoms with E-state index in [9.17, 15) is 0 Å². The summed E-state index contributed by atoms with van der Waals surface area (Å²) in [5.74, 6) is 0.996. The number of likely N-dealkylation sites (tertiary alicyclic amines) is 2. The van der Waals surface area contributed by atoms with Crippen molar-refractivity contribution in [2.45, 2.75) is 70.2 Å². The van der Waals surface area contributed by atoms with Crippen molar-refractivity contribution in [3.63, 3.8) is 0 Å². The molecule has 3 saturated heterocycles. The van der Waals surface area contributed by atoms with Crippen LogP contribution in [0.3, 0.4) is 0 Å². The highest BCUT2D eigenvalue weighted by Gasteiger charge is 2.23. The van der Waals surface area contributed by atoms with Crippen LogP contribution in [0.2, 0.25) is 0 Å². The molecule has 3 fully saturated rings. The molecule has 4 rings (SSSR count). The Morgan fingerprint density at radius 2 is 1.74 bits per heavy atom. The van der Waals surface area contributed by atoms with Crippen LogP contribution in [0.4, 0.5) is 0 Å². The summed E-state index contributed by atoms with van der Waals surface area (Å²) in [6.45, 7) is 8.02. The molecular weight excluding hydrogens is 388 g/mol. The van der Waals surface area contributed by atoms with Gasteiger partial charge in [0.05, 0.1) is 18.8 Å². The first kappa shape index (κ1) is 22.6. The van der Waals surface area contributed by atoms with E-state index in [2.05, 4.69) is 44.4 Å². The number of nitrogens with zero attached hydrogens (tertiary/aromatic N) is 3. The Morgan fingerprint density at radius 1 is 1.00 bits per heavy atom. The maximum atomic E-state index is 6.16. The quantitative estimate of drug-likeness (QED) is 0.533. The fourth-order valence-electron chi connectivity index (χ4n) is 4.89. The molecule has 31 heavy (non-hydrogen) atoms. The van der Waals surface area contributed by atoms with Crippen LogP contribution in [0.5, 0.6) is 0 Å². The molecule has 3 aliphatic heterocycles. The number of ether oxygens (including phenoxy) is 2. The monoisotopic (exact) mass is 428 g/mol. The summed E-state index contributed by atoms with van der Waals surface area (Å²) in [6, 6.07) is 9.05. The van der Waals surface area contributed by atoms with Gasteiger partial charge in [-0.3, -0.25) is 9.89 Å².